The standard InChI is InChI=1S/C52H32N2O2/c1-3-15-33(16-4-1)35-29-30-42(45(31-35)37-20-8-7-19-36(37)34-17-5-2-6-18-34)52-53-46(43-25-13-23-40-38-21-9-11-27-48(38)55-50(40)43)32-47(54-52)44-26-14-24-41-39-22-10-12-28-49(39)56-51(41)44/h1-32H. The van der Waals surface area contributed by atoms with Crippen molar-refractivity contribution in [2.24, 2.45) is 0 Å². The molecule has 0 bridgehead atoms. The number of furan rings is 2. The first-order valence-electron chi connectivity index (χ1n) is 18.8. The minimum absolute atomic E-state index is 0.608. The first kappa shape index (κ1) is 31.9. The van der Waals surface area contributed by atoms with Crippen LogP contribution in [-0.4, -0.2) is 9.97 Å². The summed E-state index contributed by atoms with van der Waals surface area (Å²) in [6.45, 7) is 0. The predicted octanol–water partition coefficient (Wildman–Crippen LogP) is 14.3. The fraction of sp³-hybridized carbons (Fsp3) is 0. The van der Waals surface area contributed by atoms with Crippen molar-refractivity contribution in [3.05, 3.63) is 194 Å². The summed E-state index contributed by atoms with van der Waals surface area (Å²) in [5, 5.41) is 4.23. The van der Waals surface area contributed by atoms with Crippen LogP contribution in [0.15, 0.2) is 203 Å². The summed E-state index contributed by atoms with van der Waals surface area (Å²) in [5.41, 5.74) is 14.2. The quantitative estimate of drug-likeness (QED) is 0.172. The molecule has 0 aliphatic heterocycles. The van der Waals surface area contributed by atoms with E-state index in [2.05, 4.69) is 158 Å². The van der Waals surface area contributed by atoms with Gasteiger partial charge in [0.15, 0.2) is 5.82 Å². The van der Waals surface area contributed by atoms with E-state index in [1.165, 1.54) is 0 Å². The van der Waals surface area contributed by atoms with Gasteiger partial charge in [0.05, 0.1) is 11.4 Å². The summed E-state index contributed by atoms with van der Waals surface area (Å²) in [6.07, 6.45) is 0. The maximum absolute atomic E-state index is 6.58. The van der Waals surface area contributed by atoms with E-state index in [0.717, 1.165) is 105 Å². The average Bonchev–Trinajstić information content (AvgIpc) is 3.85. The van der Waals surface area contributed by atoms with E-state index in [-0.39, 0.29) is 0 Å². The van der Waals surface area contributed by atoms with Gasteiger partial charge in [-0.15, -0.1) is 0 Å². The van der Waals surface area contributed by atoms with Crippen LogP contribution in [-0.2, 0) is 0 Å². The van der Waals surface area contributed by atoms with E-state index < -0.39 is 0 Å². The molecule has 11 rings (SSSR count). The monoisotopic (exact) mass is 716 g/mol. The molecule has 0 saturated heterocycles. The molecule has 262 valence electrons. The molecule has 56 heavy (non-hydrogen) atoms. The Kier molecular flexibility index (Phi) is 7.46. The Labute approximate surface area is 323 Å². The van der Waals surface area contributed by atoms with E-state index in [1.54, 1.807) is 0 Å². The zero-order valence-corrected chi connectivity index (χ0v) is 30.2. The molecule has 0 spiro atoms. The Morgan fingerprint density at radius 3 is 1.38 bits per heavy atom. The maximum atomic E-state index is 6.58. The molecule has 0 atom stereocenters. The Balaban J connectivity index is 1.21. The summed E-state index contributed by atoms with van der Waals surface area (Å²) in [5.74, 6) is 0.608. The van der Waals surface area contributed by atoms with Gasteiger partial charge in [0.2, 0.25) is 0 Å². The van der Waals surface area contributed by atoms with Gasteiger partial charge in [-0.25, -0.2) is 9.97 Å². The van der Waals surface area contributed by atoms with Gasteiger partial charge in [-0.2, -0.15) is 0 Å². The molecule has 0 unspecified atom stereocenters. The molecule has 0 saturated carbocycles. The number of aromatic nitrogens is 2. The summed E-state index contributed by atoms with van der Waals surface area (Å²) >= 11 is 0. The van der Waals surface area contributed by atoms with E-state index in [1.807, 2.05) is 36.4 Å². The highest BCUT2D eigenvalue weighted by Gasteiger charge is 2.22. The molecule has 0 fully saturated rings. The van der Waals surface area contributed by atoms with Crippen LogP contribution in [0.3, 0.4) is 0 Å². The van der Waals surface area contributed by atoms with E-state index in [4.69, 9.17) is 18.8 Å². The minimum atomic E-state index is 0.608. The molecular formula is C52H32N2O2. The summed E-state index contributed by atoms with van der Waals surface area (Å²) in [6, 6.07) is 67.3. The highest BCUT2D eigenvalue weighted by molar-refractivity contribution is 6.11. The SMILES string of the molecule is c1ccc(-c2ccc(-c3nc(-c4cccc5c4oc4ccccc45)cc(-c4cccc5c4oc4ccccc45)n3)c(-c3ccccc3-c3ccccc3)c2)cc1. The lowest BCUT2D eigenvalue weighted by atomic mass is 9.89. The molecule has 0 amide bonds. The third kappa shape index (κ3) is 5.31. The smallest absolute Gasteiger partial charge is 0.161 e. The van der Waals surface area contributed by atoms with Crippen molar-refractivity contribution in [1.82, 2.24) is 9.97 Å². The van der Waals surface area contributed by atoms with Crippen molar-refractivity contribution in [3.8, 4) is 67.3 Å². The van der Waals surface area contributed by atoms with Crippen molar-refractivity contribution in [1.29, 1.82) is 0 Å². The molecule has 0 radical (unpaired) electrons. The number of nitrogens with zero attached hydrogens (tertiary/aromatic N) is 2. The van der Waals surface area contributed by atoms with Crippen LogP contribution in [0, 0.1) is 0 Å². The second-order valence-electron chi connectivity index (χ2n) is 14.1. The maximum Gasteiger partial charge on any atom is 0.161 e. The van der Waals surface area contributed by atoms with Crippen LogP contribution in [0.1, 0.15) is 0 Å². The summed E-state index contributed by atoms with van der Waals surface area (Å²) in [7, 11) is 0. The van der Waals surface area contributed by atoms with Crippen LogP contribution in [0.5, 0.6) is 0 Å². The number of hydrogen-bond donors (Lipinski definition) is 0. The van der Waals surface area contributed by atoms with Gasteiger partial charge in [0.25, 0.3) is 0 Å². The molecule has 0 aliphatic rings. The summed E-state index contributed by atoms with van der Waals surface area (Å²) < 4.78 is 13.2. The van der Waals surface area contributed by atoms with Crippen molar-refractivity contribution in [2.45, 2.75) is 0 Å². The van der Waals surface area contributed by atoms with Crippen molar-refractivity contribution >= 4 is 43.9 Å². The first-order chi connectivity index (χ1) is 27.8. The second kappa shape index (κ2) is 13.1. The highest BCUT2D eigenvalue weighted by atomic mass is 16.3. The number of benzene rings is 8. The normalized spacial score (nSPS) is 11.6. The fourth-order valence-electron chi connectivity index (χ4n) is 8.10. The van der Waals surface area contributed by atoms with Gasteiger partial charge >= 0.3 is 0 Å². The lowest BCUT2D eigenvalue weighted by Gasteiger charge is -2.17. The van der Waals surface area contributed by atoms with Crippen molar-refractivity contribution in [3.63, 3.8) is 0 Å². The molecule has 3 heterocycles. The van der Waals surface area contributed by atoms with E-state index in [0.29, 0.717) is 5.82 Å². The first-order valence-corrected chi connectivity index (χ1v) is 18.8. The Morgan fingerprint density at radius 1 is 0.286 bits per heavy atom. The predicted molar refractivity (Wildman–Crippen MR) is 229 cm³/mol. The lowest BCUT2D eigenvalue weighted by Crippen LogP contribution is -1.99. The average molecular weight is 717 g/mol. The Morgan fingerprint density at radius 2 is 0.768 bits per heavy atom. The third-order valence-electron chi connectivity index (χ3n) is 10.8. The molecular weight excluding hydrogens is 685 g/mol. The van der Waals surface area contributed by atoms with Gasteiger partial charge in [-0.1, -0.05) is 152 Å². The van der Waals surface area contributed by atoms with Gasteiger partial charge in [-0.05, 0) is 75.8 Å². The number of rotatable bonds is 6. The van der Waals surface area contributed by atoms with Crippen LogP contribution in [0.2, 0.25) is 0 Å². The second-order valence-corrected chi connectivity index (χ2v) is 14.1. The van der Waals surface area contributed by atoms with Crippen LogP contribution in [0.4, 0.5) is 0 Å². The molecule has 4 heteroatoms. The topological polar surface area (TPSA) is 52.1 Å². The fourth-order valence-corrected chi connectivity index (χ4v) is 8.10. The van der Waals surface area contributed by atoms with Crippen molar-refractivity contribution < 1.29 is 8.83 Å². The van der Waals surface area contributed by atoms with Gasteiger partial charge < -0.3 is 8.83 Å². The van der Waals surface area contributed by atoms with E-state index >= 15 is 0 Å². The molecule has 4 nitrogen and oxygen atoms in total. The zero-order valence-electron chi connectivity index (χ0n) is 30.2. The van der Waals surface area contributed by atoms with Crippen LogP contribution >= 0.6 is 0 Å². The highest BCUT2D eigenvalue weighted by Crippen LogP contribution is 2.43. The lowest BCUT2D eigenvalue weighted by molar-refractivity contribution is 0.669. The number of para-hydroxylation sites is 4. The number of fused-ring (bicyclic) bond motifs is 6. The minimum Gasteiger partial charge on any atom is -0.455 e. The van der Waals surface area contributed by atoms with E-state index in [9.17, 15) is 0 Å². The zero-order chi connectivity index (χ0) is 37.0. The molecule has 0 aliphatic carbocycles. The van der Waals surface area contributed by atoms with Gasteiger partial charge in [-0.3, -0.25) is 0 Å². The number of hydrogen-bond acceptors (Lipinski definition) is 4. The van der Waals surface area contributed by atoms with Crippen molar-refractivity contribution in [2.75, 3.05) is 0 Å². The largest absolute Gasteiger partial charge is 0.455 e. The molecule has 8 aromatic carbocycles. The Bertz CT molecular complexity index is 3120. The van der Waals surface area contributed by atoms with Gasteiger partial charge in [0, 0.05) is 38.2 Å². The molecule has 3 aromatic heterocycles. The molecule has 0 N–H and O–H groups in total. The van der Waals surface area contributed by atoms with Crippen LogP contribution < -0.4 is 0 Å². The third-order valence-corrected chi connectivity index (χ3v) is 10.8. The summed E-state index contributed by atoms with van der Waals surface area (Å²) in [4.78, 5) is 10.9. The van der Waals surface area contributed by atoms with Gasteiger partial charge in [0.1, 0.15) is 22.3 Å². The molecule has 11 aromatic rings. The van der Waals surface area contributed by atoms with Crippen LogP contribution in [0.25, 0.3) is 111 Å². The Hall–Kier alpha value is -7.56.